The predicted octanol–water partition coefficient (Wildman–Crippen LogP) is 9.94. The van der Waals surface area contributed by atoms with E-state index in [2.05, 4.69) is 107 Å². The number of pyridine rings is 3. The van der Waals surface area contributed by atoms with Gasteiger partial charge in [0.2, 0.25) is 0 Å². The summed E-state index contributed by atoms with van der Waals surface area (Å²) in [5, 5.41) is 10.5. The van der Waals surface area contributed by atoms with Crippen LogP contribution in [0.1, 0.15) is 5.56 Å². The largest absolute Gasteiger partial charge is 3.00 e. The van der Waals surface area contributed by atoms with Gasteiger partial charge in [0.05, 0.1) is 0 Å². The molecule has 3 aromatic heterocycles. The van der Waals surface area contributed by atoms with Crippen molar-refractivity contribution in [2.45, 2.75) is 0 Å². The van der Waals surface area contributed by atoms with Gasteiger partial charge >= 0.3 is 20.1 Å². The summed E-state index contributed by atoms with van der Waals surface area (Å²) in [4.78, 5) is 13.2. The molecule has 0 amide bonds. The Balaban J connectivity index is 0.000000116. The number of aromatic nitrogens is 3. The average Bonchev–Trinajstić information content (AvgIpc) is 3.09. The summed E-state index contributed by atoms with van der Waals surface area (Å²) in [5.74, 6) is 0. The topological polar surface area (TPSA) is 38.7 Å². The van der Waals surface area contributed by atoms with Gasteiger partial charge in [-0.25, -0.2) is 0 Å². The quantitative estimate of drug-likeness (QED) is 0.115. The van der Waals surface area contributed by atoms with Crippen molar-refractivity contribution < 1.29 is 20.1 Å². The van der Waals surface area contributed by atoms with Crippen molar-refractivity contribution in [1.82, 2.24) is 15.0 Å². The number of hydrogen-bond acceptors (Lipinski definition) is 3. The number of rotatable bonds is 0. The van der Waals surface area contributed by atoms with Crippen LogP contribution >= 0.6 is 0 Å². The molecule has 0 unspecified atom stereocenters. The van der Waals surface area contributed by atoms with E-state index in [0.29, 0.717) is 0 Å². The molecular formula is C40H26IrN3. The molecule has 9 aromatic rings. The molecule has 0 aliphatic rings. The molecular weight excluding hydrogens is 715 g/mol. The molecule has 0 N–H and O–H groups in total. The van der Waals surface area contributed by atoms with Crippen LogP contribution in [-0.2, 0) is 20.1 Å². The van der Waals surface area contributed by atoms with E-state index >= 15 is 0 Å². The Morgan fingerprint density at radius 2 is 0.818 bits per heavy atom. The third-order valence-corrected chi connectivity index (χ3v) is 7.51. The molecule has 0 aliphatic heterocycles. The molecule has 0 aliphatic carbocycles. The maximum Gasteiger partial charge on any atom is 3.00 e. The molecule has 4 heteroatoms. The smallest absolute Gasteiger partial charge is 0.304 e. The second-order valence-corrected chi connectivity index (χ2v) is 10.2. The molecule has 0 atom stereocenters. The molecule has 3 nitrogen and oxygen atoms in total. The van der Waals surface area contributed by atoms with Crippen LogP contribution in [-0.4, -0.2) is 15.0 Å². The van der Waals surface area contributed by atoms with Crippen molar-refractivity contribution in [1.29, 1.82) is 0 Å². The van der Waals surface area contributed by atoms with E-state index in [1.165, 1.54) is 32.3 Å². The summed E-state index contributed by atoms with van der Waals surface area (Å²) in [7, 11) is 0. The fraction of sp³-hybridized carbons (Fsp3) is 0. The van der Waals surface area contributed by atoms with E-state index in [4.69, 9.17) is 0 Å². The first-order valence-corrected chi connectivity index (χ1v) is 14.1. The van der Waals surface area contributed by atoms with Gasteiger partial charge in [-0.3, -0.25) is 4.98 Å². The van der Waals surface area contributed by atoms with Gasteiger partial charge in [-0.05, 0) is 45.4 Å². The van der Waals surface area contributed by atoms with Crippen LogP contribution in [0, 0.1) is 19.1 Å². The van der Waals surface area contributed by atoms with E-state index in [-0.39, 0.29) is 20.1 Å². The standard InChI is InChI=1S/C14H10N.2C13H8N.Ir/c1-10-4-2-5-11-7-8-12-6-3-9-15-14(12)13(10)11;2*1-2-6-12-10(4-1)7-8-11-5-3-9-14-13(11)12;/h2-9H,1H2;2*1-5,7-9H;/q3*-1;+3. The van der Waals surface area contributed by atoms with Gasteiger partial charge in [-0.1, -0.05) is 71.4 Å². The summed E-state index contributed by atoms with van der Waals surface area (Å²) in [6, 6.07) is 49.3. The minimum Gasteiger partial charge on any atom is -0.304 e. The van der Waals surface area contributed by atoms with Crippen molar-refractivity contribution in [3.63, 3.8) is 0 Å². The minimum atomic E-state index is 0. The van der Waals surface area contributed by atoms with Gasteiger partial charge in [-0.15, -0.1) is 76.1 Å². The first kappa shape index (κ1) is 28.9. The molecule has 0 saturated carbocycles. The number of nitrogens with zero attached hydrogens (tertiary/aromatic N) is 3. The van der Waals surface area contributed by atoms with Gasteiger partial charge in [0.15, 0.2) is 0 Å². The molecule has 0 bridgehead atoms. The fourth-order valence-electron chi connectivity index (χ4n) is 5.46. The van der Waals surface area contributed by atoms with Crippen LogP contribution in [0.3, 0.4) is 0 Å². The zero-order chi connectivity index (χ0) is 29.0. The third kappa shape index (κ3) is 5.74. The van der Waals surface area contributed by atoms with E-state index in [9.17, 15) is 0 Å². The number of benzene rings is 6. The molecule has 44 heavy (non-hydrogen) atoms. The molecule has 0 radical (unpaired) electrons. The van der Waals surface area contributed by atoms with Gasteiger partial charge in [-0.2, -0.15) is 18.6 Å². The summed E-state index contributed by atoms with van der Waals surface area (Å²) < 4.78 is 0. The van der Waals surface area contributed by atoms with Crippen LogP contribution in [0.15, 0.2) is 146 Å². The van der Waals surface area contributed by atoms with E-state index in [0.717, 1.165) is 38.3 Å². The second kappa shape index (κ2) is 13.0. The number of fused-ring (bicyclic) bond motifs is 9. The molecule has 9 rings (SSSR count). The Morgan fingerprint density at radius 1 is 0.409 bits per heavy atom. The minimum absolute atomic E-state index is 0. The molecule has 6 aromatic carbocycles. The van der Waals surface area contributed by atoms with Crippen LogP contribution in [0.5, 0.6) is 0 Å². The Labute approximate surface area is 269 Å². The average molecular weight is 741 g/mol. The number of hydrogen-bond donors (Lipinski definition) is 0. The Hall–Kier alpha value is -5.15. The molecule has 0 spiro atoms. The van der Waals surface area contributed by atoms with E-state index < -0.39 is 0 Å². The van der Waals surface area contributed by atoms with E-state index in [1.807, 2.05) is 73.2 Å². The Morgan fingerprint density at radius 3 is 1.36 bits per heavy atom. The van der Waals surface area contributed by atoms with Crippen molar-refractivity contribution >= 4 is 65.0 Å². The monoisotopic (exact) mass is 741 g/mol. The third-order valence-electron chi connectivity index (χ3n) is 7.51. The van der Waals surface area contributed by atoms with Crippen LogP contribution in [0.4, 0.5) is 0 Å². The molecule has 0 fully saturated rings. The molecule has 0 saturated heterocycles. The predicted molar refractivity (Wildman–Crippen MR) is 180 cm³/mol. The summed E-state index contributed by atoms with van der Waals surface area (Å²) in [6.07, 6.45) is 5.47. The summed E-state index contributed by atoms with van der Waals surface area (Å²) in [6.45, 7) is 4.06. The fourth-order valence-corrected chi connectivity index (χ4v) is 5.46. The zero-order valence-electron chi connectivity index (χ0n) is 23.7. The van der Waals surface area contributed by atoms with Crippen molar-refractivity contribution in [2.24, 2.45) is 0 Å². The first-order chi connectivity index (χ1) is 21.3. The summed E-state index contributed by atoms with van der Waals surface area (Å²) >= 11 is 0. The van der Waals surface area contributed by atoms with Gasteiger partial charge in [0.25, 0.3) is 0 Å². The zero-order valence-corrected chi connectivity index (χ0v) is 26.1. The van der Waals surface area contributed by atoms with E-state index in [1.54, 1.807) is 0 Å². The summed E-state index contributed by atoms with van der Waals surface area (Å²) in [5.41, 5.74) is 4.15. The van der Waals surface area contributed by atoms with Crippen molar-refractivity contribution in [3.8, 4) is 0 Å². The molecule has 210 valence electrons. The normalized spacial score (nSPS) is 10.6. The SMILES string of the molecule is [CH2-]c1cccc2ccc3cccnc3c12.[Ir+3].[c-]1cccc2ccc3cccnc3c12.[c-]1cccc2ccc3cccnc3c12. The van der Waals surface area contributed by atoms with Crippen molar-refractivity contribution in [2.75, 3.05) is 0 Å². The Bertz CT molecular complexity index is 2160. The van der Waals surface area contributed by atoms with Crippen LogP contribution in [0.25, 0.3) is 65.0 Å². The first-order valence-electron chi connectivity index (χ1n) is 14.1. The Kier molecular flexibility index (Phi) is 8.56. The van der Waals surface area contributed by atoms with Crippen molar-refractivity contribution in [3.05, 3.63) is 171 Å². The van der Waals surface area contributed by atoms with Crippen LogP contribution in [0.2, 0.25) is 0 Å². The van der Waals surface area contributed by atoms with Gasteiger partial charge in [0, 0.05) is 24.1 Å². The molecule has 3 heterocycles. The maximum absolute atomic E-state index is 4.43. The second-order valence-electron chi connectivity index (χ2n) is 10.2. The van der Waals surface area contributed by atoms with Crippen LogP contribution < -0.4 is 0 Å². The van der Waals surface area contributed by atoms with Gasteiger partial charge < -0.3 is 9.97 Å². The van der Waals surface area contributed by atoms with Gasteiger partial charge in [0.1, 0.15) is 0 Å². The maximum atomic E-state index is 4.43.